The highest BCUT2D eigenvalue weighted by molar-refractivity contribution is 6.48. The van der Waals surface area contributed by atoms with Gasteiger partial charge in [-0.2, -0.15) is 13.2 Å². The number of rotatable bonds is 10. The number of hydrogen-bond acceptors (Lipinski definition) is 3. The van der Waals surface area contributed by atoms with Crippen LogP contribution in [0.3, 0.4) is 0 Å². The highest BCUT2D eigenvalue weighted by Gasteiger charge is 2.30. The maximum atomic E-state index is 12.6. The van der Waals surface area contributed by atoms with Crippen LogP contribution in [0.5, 0.6) is 11.5 Å². The van der Waals surface area contributed by atoms with Crippen LogP contribution < -0.4 is 14.8 Å². The molecule has 0 aliphatic heterocycles. The van der Waals surface area contributed by atoms with E-state index in [2.05, 4.69) is 11.9 Å². The molecular weight excluding hydrogens is 466 g/mol. The molecule has 0 aliphatic carbocycles. The summed E-state index contributed by atoms with van der Waals surface area (Å²) in [6.07, 6.45) is -1.96. The Morgan fingerprint density at radius 1 is 1.19 bits per heavy atom. The zero-order valence-electron chi connectivity index (χ0n) is 17.7. The highest BCUT2D eigenvalue weighted by atomic mass is 35.5. The Hall–Kier alpha value is -2.38. The highest BCUT2D eigenvalue weighted by Crippen LogP contribution is 2.34. The third-order valence-electron chi connectivity index (χ3n) is 4.53. The van der Waals surface area contributed by atoms with E-state index >= 15 is 0 Å². The van der Waals surface area contributed by atoms with Crippen LogP contribution in [-0.4, -0.2) is 23.6 Å². The van der Waals surface area contributed by atoms with Crippen LogP contribution in [0.15, 0.2) is 49.1 Å². The van der Waals surface area contributed by atoms with Gasteiger partial charge in [0.1, 0.15) is 11.5 Å². The molecule has 0 saturated heterocycles. The number of hydrogen-bond donors (Lipinski definition) is 1. The molecule has 4 nitrogen and oxygen atoms in total. The van der Waals surface area contributed by atoms with E-state index in [1.807, 2.05) is 13.8 Å². The van der Waals surface area contributed by atoms with Crippen molar-refractivity contribution in [2.75, 3.05) is 13.2 Å². The minimum atomic E-state index is -4.44. The van der Waals surface area contributed by atoms with Crippen molar-refractivity contribution in [3.05, 3.63) is 71.3 Å². The molecule has 0 aromatic heterocycles. The van der Waals surface area contributed by atoms with Gasteiger partial charge >= 0.3 is 6.18 Å². The topological polar surface area (TPSA) is 47.6 Å². The fourth-order valence-electron chi connectivity index (χ4n) is 2.90. The number of alkyl halides is 5. The van der Waals surface area contributed by atoms with Crippen LogP contribution in [-0.2, 0) is 12.6 Å². The monoisotopic (exact) mass is 489 g/mol. The van der Waals surface area contributed by atoms with Gasteiger partial charge in [0.25, 0.3) is 10.4 Å². The number of nitrogens with one attached hydrogen (secondary N) is 1. The van der Waals surface area contributed by atoms with Gasteiger partial charge in [0.05, 0.1) is 12.2 Å². The van der Waals surface area contributed by atoms with Crippen LogP contribution >= 0.6 is 23.2 Å². The van der Waals surface area contributed by atoms with E-state index in [0.29, 0.717) is 37.5 Å². The van der Waals surface area contributed by atoms with Crippen molar-refractivity contribution >= 4 is 29.1 Å². The molecule has 1 amide bonds. The van der Waals surface area contributed by atoms with Crippen molar-refractivity contribution in [2.24, 2.45) is 0 Å². The number of aryl methyl sites for hydroxylation is 2. The minimum Gasteiger partial charge on any atom is -0.493 e. The smallest absolute Gasteiger partial charge is 0.416 e. The summed E-state index contributed by atoms with van der Waals surface area (Å²) in [7, 11) is 0. The molecular formula is C23H24Cl2F3NO3. The second-order valence-corrected chi connectivity index (χ2v) is 8.30. The molecule has 0 heterocycles. The SMILES string of the molecule is C=CC(Cl)(Cl)Oc1cc(C)c(OCCCNC(=O)c2ccc(C(F)(F)F)cc2)c(CC)c1. The lowest BCUT2D eigenvalue weighted by Gasteiger charge is -2.20. The molecule has 0 radical (unpaired) electrons. The van der Waals surface area contributed by atoms with E-state index in [4.69, 9.17) is 32.7 Å². The Bertz CT molecular complexity index is 945. The lowest BCUT2D eigenvalue weighted by Crippen LogP contribution is -2.25. The van der Waals surface area contributed by atoms with E-state index < -0.39 is 22.2 Å². The van der Waals surface area contributed by atoms with E-state index in [-0.39, 0.29) is 5.56 Å². The Kier molecular flexibility index (Phi) is 8.87. The number of carbonyl (C=O) groups excluding carboxylic acids is 1. The first kappa shape index (κ1) is 25.9. The lowest BCUT2D eigenvalue weighted by atomic mass is 10.1. The lowest BCUT2D eigenvalue weighted by molar-refractivity contribution is -0.137. The van der Waals surface area contributed by atoms with Gasteiger partial charge in [0, 0.05) is 12.1 Å². The average molecular weight is 490 g/mol. The van der Waals surface area contributed by atoms with Gasteiger partial charge in [0.2, 0.25) is 0 Å². The van der Waals surface area contributed by atoms with Gasteiger partial charge in [-0.05, 0) is 73.4 Å². The van der Waals surface area contributed by atoms with E-state index in [1.165, 1.54) is 6.08 Å². The molecule has 0 spiro atoms. The maximum absolute atomic E-state index is 12.6. The molecule has 1 N–H and O–H groups in total. The maximum Gasteiger partial charge on any atom is 0.416 e. The largest absolute Gasteiger partial charge is 0.493 e. The molecule has 0 aliphatic rings. The van der Waals surface area contributed by atoms with Crippen molar-refractivity contribution in [1.82, 2.24) is 5.32 Å². The molecule has 174 valence electrons. The quantitative estimate of drug-likeness (QED) is 0.236. The first-order chi connectivity index (χ1) is 15.0. The van der Waals surface area contributed by atoms with Crippen molar-refractivity contribution in [1.29, 1.82) is 0 Å². The second kappa shape index (κ2) is 11.0. The van der Waals surface area contributed by atoms with Gasteiger partial charge < -0.3 is 14.8 Å². The normalized spacial score (nSPS) is 11.7. The summed E-state index contributed by atoms with van der Waals surface area (Å²) in [5.74, 6) is 0.751. The van der Waals surface area contributed by atoms with E-state index in [9.17, 15) is 18.0 Å². The molecule has 0 saturated carbocycles. The zero-order valence-corrected chi connectivity index (χ0v) is 19.2. The number of amides is 1. The summed E-state index contributed by atoms with van der Waals surface area (Å²) in [5, 5.41) is 2.67. The van der Waals surface area contributed by atoms with Gasteiger partial charge in [0.15, 0.2) is 0 Å². The second-order valence-electron chi connectivity index (χ2n) is 6.98. The van der Waals surface area contributed by atoms with E-state index in [1.54, 1.807) is 12.1 Å². The third-order valence-corrected chi connectivity index (χ3v) is 4.99. The van der Waals surface area contributed by atoms with Crippen molar-refractivity contribution in [3.8, 4) is 11.5 Å². The minimum absolute atomic E-state index is 0.160. The number of benzene rings is 2. The van der Waals surface area contributed by atoms with Gasteiger partial charge in [-0.1, -0.05) is 36.7 Å². The van der Waals surface area contributed by atoms with Crippen LogP contribution in [0.2, 0.25) is 0 Å². The predicted molar refractivity (Wildman–Crippen MR) is 120 cm³/mol. The van der Waals surface area contributed by atoms with Crippen LogP contribution in [0.4, 0.5) is 13.2 Å². The van der Waals surface area contributed by atoms with Crippen LogP contribution in [0, 0.1) is 6.92 Å². The molecule has 0 fully saturated rings. The number of halogens is 5. The first-order valence-corrected chi connectivity index (χ1v) is 10.6. The van der Waals surface area contributed by atoms with Crippen LogP contribution in [0.25, 0.3) is 0 Å². The Labute approximate surface area is 195 Å². The zero-order chi connectivity index (χ0) is 23.9. The van der Waals surface area contributed by atoms with Gasteiger partial charge in [-0.3, -0.25) is 4.79 Å². The molecule has 0 bridgehead atoms. The summed E-state index contributed by atoms with van der Waals surface area (Å²) >= 11 is 11.9. The third kappa shape index (κ3) is 7.35. The summed E-state index contributed by atoms with van der Waals surface area (Å²) in [6, 6.07) is 7.61. The standard InChI is InChI=1S/C23H24Cl2F3NO3/c1-4-16-14-19(32-22(24,25)5-2)13-15(3)20(16)31-12-6-11-29-21(30)17-7-9-18(10-8-17)23(26,27)28/h5,7-10,13-14H,2,4,6,11-12H2,1,3H3,(H,29,30). The number of ether oxygens (including phenoxy) is 2. The summed E-state index contributed by atoms with van der Waals surface area (Å²) in [5.41, 5.74) is 1.10. The predicted octanol–water partition coefficient (Wildman–Crippen LogP) is 6.47. The molecule has 0 unspecified atom stereocenters. The summed E-state index contributed by atoms with van der Waals surface area (Å²) < 4.78 is 47.7. The summed E-state index contributed by atoms with van der Waals surface area (Å²) in [6.45, 7) is 8.01. The molecule has 2 rings (SSSR count). The number of carbonyl (C=O) groups is 1. The molecule has 0 atom stereocenters. The fraction of sp³-hybridized carbons (Fsp3) is 0.348. The Morgan fingerprint density at radius 3 is 2.41 bits per heavy atom. The average Bonchev–Trinajstić information content (AvgIpc) is 2.73. The Morgan fingerprint density at radius 2 is 1.84 bits per heavy atom. The molecule has 2 aromatic rings. The van der Waals surface area contributed by atoms with E-state index in [0.717, 1.165) is 35.4 Å². The van der Waals surface area contributed by atoms with Gasteiger partial charge in [-0.25, -0.2) is 0 Å². The fourth-order valence-corrected chi connectivity index (χ4v) is 3.08. The molecule has 2 aromatic carbocycles. The van der Waals surface area contributed by atoms with Crippen molar-refractivity contribution in [3.63, 3.8) is 0 Å². The molecule has 9 heteroatoms. The first-order valence-electron chi connectivity index (χ1n) is 9.89. The van der Waals surface area contributed by atoms with Crippen molar-refractivity contribution < 1.29 is 27.4 Å². The van der Waals surface area contributed by atoms with Gasteiger partial charge in [-0.15, -0.1) is 0 Å². The Balaban J connectivity index is 1.88. The van der Waals surface area contributed by atoms with Crippen molar-refractivity contribution in [2.45, 2.75) is 37.4 Å². The van der Waals surface area contributed by atoms with Crippen LogP contribution in [0.1, 0.15) is 40.4 Å². The molecule has 32 heavy (non-hydrogen) atoms. The summed E-state index contributed by atoms with van der Waals surface area (Å²) in [4.78, 5) is 12.1.